The average molecular weight is 427 g/mol. The zero-order valence-electron chi connectivity index (χ0n) is 18.9. The van der Waals surface area contributed by atoms with E-state index in [1.165, 1.54) is 7.11 Å². The summed E-state index contributed by atoms with van der Waals surface area (Å²) in [5.41, 5.74) is -0.255. The van der Waals surface area contributed by atoms with E-state index in [9.17, 15) is 14.4 Å². The van der Waals surface area contributed by atoms with E-state index in [0.29, 0.717) is 37.9 Å². The number of hydrogen-bond donors (Lipinski definition) is 0. The van der Waals surface area contributed by atoms with Gasteiger partial charge >= 0.3 is 5.97 Å². The smallest absolute Gasteiger partial charge is 0.321 e. The van der Waals surface area contributed by atoms with Crippen molar-refractivity contribution in [2.24, 2.45) is 17.3 Å². The SMILES string of the molecule is COC(=O)[C@]1(CC(=O)N2C[C@@H](C)C[C@H](C)C2)C(=O)C[C@H]2CC[C@@H]1N2Cc1ccccc1. The number of piperidine rings is 2. The number of ketones is 1. The highest BCUT2D eigenvalue weighted by atomic mass is 16.5. The largest absolute Gasteiger partial charge is 0.468 e. The van der Waals surface area contributed by atoms with Crippen molar-refractivity contribution in [1.29, 1.82) is 0 Å². The first-order valence-electron chi connectivity index (χ1n) is 11.5. The van der Waals surface area contributed by atoms with Crippen LogP contribution in [0, 0.1) is 17.3 Å². The molecule has 1 aromatic carbocycles. The highest BCUT2D eigenvalue weighted by Gasteiger charge is 2.62. The third kappa shape index (κ3) is 4.02. The molecule has 4 rings (SSSR count). The number of fused-ring (bicyclic) bond motifs is 2. The monoisotopic (exact) mass is 426 g/mol. The van der Waals surface area contributed by atoms with Gasteiger partial charge < -0.3 is 9.64 Å². The van der Waals surface area contributed by atoms with E-state index in [-0.39, 0.29) is 30.2 Å². The minimum Gasteiger partial charge on any atom is -0.468 e. The van der Waals surface area contributed by atoms with E-state index in [2.05, 4.69) is 30.9 Å². The maximum Gasteiger partial charge on any atom is 0.321 e. The van der Waals surface area contributed by atoms with Crippen molar-refractivity contribution in [3.8, 4) is 0 Å². The molecule has 3 aliphatic heterocycles. The van der Waals surface area contributed by atoms with Crippen molar-refractivity contribution < 1.29 is 19.1 Å². The van der Waals surface area contributed by atoms with Crippen molar-refractivity contribution in [2.45, 2.75) is 64.6 Å². The molecule has 2 bridgehead atoms. The fraction of sp³-hybridized carbons (Fsp3) is 0.640. The van der Waals surface area contributed by atoms with Crippen molar-refractivity contribution in [3.63, 3.8) is 0 Å². The van der Waals surface area contributed by atoms with Gasteiger partial charge in [0.2, 0.25) is 5.91 Å². The van der Waals surface area contributed by atoms with Gasteiger partial charge in [-0.25, -0.2) is 0 Å². The molecule has 1 amide bonds. The molecule has 0 aromatic heterocycles. The molecule has 6 nitrogen and oxygen atoms in total. The molecule has 5 atom stereocenters. The predicted molar refractivity (Wildman–Crippen MR) is 117 cm³/mol. The lowest BCUT2D eigenvalue weighted by Gasteiger charge is -2.46. The van der Waals surface area contributed by atoms with Gasteiger partial charge in [-0.3, -0.25) is 19.3 Å². The molecule has 31 heavy (non-hydrogen) atoms. The Bertz CT molecular complexity index is 831. The van der Waals surface area contributed by atoms with Crippen LogP contribution >= 0.6 is 0 Å². The van der Waals surface area contributed by atoms with Crippen molar-refractivity contribution in [3.05, 3.63) is 35.9 Å². The van der Waals surface area contributed by atoms with Gasteiger partial charge in [0.1, 0.15) is 0 Å². The molecule has 3 aliphatic rings. The van der Waals surface area contributed by atoms with Crippen LogP contribution in [0.3, 0.4) is 0 Å². The van der Waals surface area contributed by atoms with Crippen LogP contribution in [0.25, 0.3) is 0 Å². The Kier molecular flexibility index (Phi) is 6.20. The zero-order chi connectivity index (χ0) is 22.2. The molecule has 0 radical (unpaired) electrons. The molecular formula is C25H34N2O4. The van der Waals surface area contributed by atoms with Gasteiger partial charge in [0, 0.05) is 38.1 Å². The second-order valence-electron chi connectivity index (χ2n) is 9.92. The lowest BCUT2D eigenvalue weighted by molar-refractivity contribution is -0.171. The molecule has 3 heterocycles. The molecule has 0 saturated carbocycles. The molecule has 3 saturated heterocycles. The Morgan fingerprint density at radius 1 is 1.10 bits per heavy atom. The first-order chi connectivity index (χ1) is 14.8. The summed E-state index contributed by atoms with van der Waals surface area (Å²) < 4.78 is 5.19. The number of Topliss-reactive ketones (excluding diaryl/α,β-unsaturated/α-hetero) is 1. The van der Waals surface area contributed by atoms with Crippen LogP contribution in [-0.4, -0.2) is 59.7 Å². The van der Waals surface area contributed by atoms with Gasteiger partial charge in [-0.2, -0.15) is 0 Å². The van der Waals surface area contributed by atoms with Crippen LogP contribution in [0.15, 0.2) is 30.3 Å². The molecule has 0 N–H and O–H groups in total. The van der Waals surface area contributed by atoms with E-state index in [1.54, 1.807) is 0 Å². The average Bonchev–Trinajstić information content (AvgIpc) is 3.06. The number of benzene rings is 1. The Hall–Kier alpha value is -2.21. The predicted octanol–water partition coefficient (Wildman–Crippen LogP) is 3.05. The van der Waals surface area contributed by atoms with Crippen molar-refractivity contribution >= 4 is 17.7 Å². The summed E-state index contributed by atoms with van der Waals surface area (Å²) in [6, 6.07) is 9.95. The van der Waals surface area contributed by atoms with E-state index >= 15 is 0 Å². The van der Waals surface area contributed by atoms with Crippen molar-refractivity contribution in [1.82, 2.24) is 9.80 Å². The molecule has 0 unspecified atom stereocenters. The normalized spacial score (nSPS) is 33.4. The number of rotatable bonds is 5. The highest BCUT2D eigenvalue weighted by molar-refractivity contribution is 6.08. The standard InChI is InChI=1S/C25H34N2O4/c1-17-11-18(2)15-26(14-17)23(29)13-25(24(30)31-3)21-10-9-20(12-22(25)28)27(21)16-19-7-5-4-6-8-19/h4-8,17-18,20-21H,9-16H2,1-3H3/t17-,18-,20+,21-,25-/m0/s1. The highest BCUT2D eigenvalue weighted by Crippen LogP contribution is 2.48. The summed E-state index contributed by atoms with van der Waals surface area (Å²) in [5.74, 6) is 0.0840. The second-order valence-corrected chi connectivity index (χ2v) is 9.92. The summed E-state index contributed by atoms with van der Waals surface area (Å²) in [7, 11) is 1.33. The van der Waals surface area contributed by atoms with Crippen LogP contribution in [0.5, 0.6) is 0 Å². The quantitative estimate of drug-likeness (QED) is 0.535. The minimum absolute atomic E-state index is 0.0827. The summed E-state index contributed by atoms with van der Waals surface area (Å²) in [5, 5.41) is 0. The summed E-state index contributed by atoms with van der Waals surface area (Å²) in [4.78, 5) is 44.2. The Balaban J connectivity index is 1.63. The molecule has 0 aliphatic carbocycles. The van der Waals surface area contributed by atoms with Crippen LogP contribution in [0.1, 0.15) is 51.5 Å². The topological polar surface area (TPSA) is 66.9 Å². The summed E-state index contributed by atoms with van der Waals surface area (Å²) >= 11 is 0. The second kappa shape index (κ2) is 8.73. The Morgan fingerprint density at radius 3 is 2.42 bits per heavy atom. The number of nitrogens with zero attached hydrogens (tertiary/aromatic N) is 2. The lowest BCUT2D eigenvalue weighted by Crippen LogP contribution is -2.61. The van der Waals surface area contributed by atoms with E-state index in [4.69, 9.17) is 4.74 Å². The third-order valence-corrected chi connectivity index (χ3v) is 7.54. The van der Waals surface area contributed by atoms with Crippen LogP contribution in [-0.2, 0) is 25.7 Å². The fourth-order valence-corrected chi connectivity index (χ4v) is 6.24. The van der Waals surface area contributed by atoms with Crippen LogP contribution in [0.2, 0.25) is 0 Å². The van der Waals surface area contributed by atoms with E-state index in [1.807, 2.05) is 23.1 Å². The Morgan fingerprint density at radius 2 is 1.77 bits per heavy atom. The number of ether oxygens (including phenoxy) is 1. The number of esters is 1. The summed E-state index contributed by atoms with van der Waals surface area (Å²) in [6.07, 6.45) is 2.92. The van der Waals surface area contributed by atoms with E-state index in [0.717, 1.165) is 24.8 Å². The minimum atomic E-state index is -1.41. The molecule has 168 valence electrons. The number of methoxy groups -OCH3 is 1. The third-order valence-electron chi connectivity index (χ3n) is 7.54. The van der Waals surface area contributed by atoms with Gasteiger partial charge in [0.25, 0.3) is 0 Å². The number of likely N-dealkylation sites (tertiary alicyclic amines) is 1. The number of hydrogen-bond acceptors (Lipinski definition) is 5. The number of amides is 1. The van der Waals surface area contributed by atoms with Crippen LogP contribution in [0.4, 0.5) is 0 Å². The molecule has 3 fully saturated rings. The molecule has 1 aromatic rings. The zero-order valence-corrected chi connectivity index (χ0v) is 18.9. The molecule has 0 spiro atoms. The van der Waals surface area contributed by atoms with Gasteiger partial charge in [-0.15, -0.1) is 0 Å². The maximum atomic E-state index is 13.4. The number of carbonyl (C=O) groups excluding carboxylic acids is 3. The maximum absolute atomic E-state index is 13.4. The van der Waals surface area contributed by atoms with Gasteiger partial charge in [0.15, 0.2) is 11.2 Å². The van der Waals surface area contributed by atoms with E-state index < -0.39 is 11.4 Å². The Labute approximate surface area is 184 Å². The fourth-order valence-electron chi connectivity index (χ4n) is 6.24. The lowest BCUT2D eigenvalue weighted by atomic mass is 9.69. The van der Waals surface area contributed by atoms with Gasteiger partial charge in [-0.05, 0) is 36.7 Å². The number of carbonyl (C=O) groups is 3. The first kappa shape index (κ1) is 22.0. The van der Waals surface area contributed by atoms with Crippen molar-refractivity contribution in [2.75, 3.05) is 20.2 Å². The van der Waals surface area contributed by atoms with Gasteiger partial charge in [-0.1, -0.05) is 44.2 Å². The first-order valence-corrected chi connectivity index (χ1v) is 11.5. The molecular weight excluding hydrogens is 392 g/mol. The summed E-state index contributed by atoms with van der Waals surface area (Å²) in [6.45, 7) is 6.36. The molecule has 6 heteroatoms. The van der Waals surface area contributed by atoms with Crippen LogP contribution < -0.4 is 0 Å². The van der Waals surface area contributed by atoms with Gasteiger partial charge in [0.05, 0.1) is 13.5 Å².